The SMILES string of the molecule is CCCCCCCCCCN(CCC(=O)[O-])C(=O)C(Cc1ccc(-c2ccccc2)cc1)NCP(=O)(O)O. The summed E-state index contributed by atoms with van der Waals surface area (Å²) in [5.41, 5.74) is 2.91. The molecule has 8 nitrogen and oxygen atoms in total. The molecule has 38 heavy (non-hydrogen) atoms. The summed E-state index contributed by atoms with van der Waals surface area (Å²) in [7, 11) is -4.40. The summed E-state index contributed by atoms with van der Waals surface area (Å²) >= 11 is 0. The van der Waals surface area contributed by atoms with Gasteiger partial charge >= 0.3 is 7.60 Å². The molecule has 2 rings (SSSR count). The van der Waals surface area contributed by atoms with Crippen LogP contribution in [-0.4, -0.2) is 52.0 Å². The van der Waals surface area contributed by atoms with E-state index in [1.165, 1.54) is 30.6 Å². The molecule has 1 atom stereocenters. The third-order valence-corrected chi connectivity index (χ3v) is 7.12. The molecular formula is C29H42N2O6P-. The Morgan fingerprint density at radius 3 is 2.03 bits per heavy atom. The van der Waals surface area contributed by atoms with Crippen molar-refractivity contribution in [2.75, 3.05) is 19.4 Å². The minimum absolute atomic E-state index is 0.00129. The number of hydrogen-bond acceptors (Lipinski definition) is 5. The minimum atomic E-state index is -4.40. The summed E-state index contributed by atoms with van der Waals surface area (Å²) in [5, 5.41) is 13.9. The van der Waals surface area contributed by atoms with Gasteiger partial charge in [0.25, 0.3) is 0 Å². The molecule has 9 heteroatoms. The van der Waals surface area contributed by atoms with E-state index in [9.17, 15) is 29.0 Å². The molecule has 0 heterocycles. The first-order valence-corrected chi connectivity index (χ1v) is 15.4. The van der Waals surface area contributed by atoms with Gasteiger partial charge in [-0.2, -0.15) is 0 Å². The molecule has 1 unspecified atom stereocenters. The highest BCUT2D eigenvalue weighted by molar-refractivity contribution is 7.51. The molecule has 0 saturated carbocycles. The van der Waals surface area contributed by atoms with E-state index in [0.29, 0.717) is 6.54 Å². The third kappa shape index (κ3) is 12.8. The minimum Gasteiger partial charge on any atom is -0.550 e. The molecule has 0 aliphatic rings. The Hall–Kier alpha value is -2.51. The molecule has 0 fully saturated rings. The van der Waals surface area contributed by atoms with Gasteiger partial charge in [0.15, 0.2) is 0 Å². The number of nitrogens with zero attached hydrogens (tertiary/aromatic N) is 1. The number of hydrogen-bond donors (Lipinski definition) is 3. The van der Waals surface area contributed by atoms with E-state index in [4.69, 9.17) is 0 Å². The standard InChI is InChI=1S/C29H43N2O6P/c1-2-3-4-5-6-7-8-12-20-31(21-19-28(32)33)29(34)27(30-23-38(35,36)37)22-24-15-17-26(18-16-24)25-13-10-9-11-14-25/h9-11,13-18,27,30H,2-8,12,19-23H2,1H3,(H,32,33)(H2,35,36,37)/p-1. The van der Waals surface area contributed by atoms with Crippen molar-refractivity contribution in [3.63, 3.8) is 0 Å². The molecular weight excluding hydrogens is 503 g/mol. The van der Waals surface area contributed by atoms with Crippen LogP contribution < -0.4 is 10.4 Å². The number of carboxylic acid groups (broad SMARTS) is 1. The van der Waals surface area contributed by atoms with E-state index < -0.39 is 25.9 Å². The fourth-order valence-electron chi connectivity index (χ4n) is 4.39. The van der Waals surface area contributed by atoms with Crippen LogP contribution in [0.15, 0.2) is 54.6 Å². The van der Waals surface area contributed by atoms with Gasteiger partial charge in [0.05, 0.1) is 12.3 Å². The van der Waals surface area contributed by atoms with E-state index in [-0.39, 0.29) is 25.3 Å². The van der Waals surface area contributed by atoms with Crippen LogP contribution in [-0.2, 0) is 20.6 Å². The number of carboxylic acids is 1. The maximum absolute atomic E-state index is 13.5. The maximum Gasteiger partial charge on any atom is 0.339 e. The number of amides is 1. The van der Waals surface area contributed by atoms with Crippen molar-refractivity contribution in [3.8, 4) is 11.1 Å². The normalized spacial score (nSPS) is 12.3. The molecule has 3 N–H and O–H groups in total. The molecule has 0 spiro atoms. The van der Waals surface area contributed by atoms with Crippen molar-refractivity contribution in [1.82, 2.24) is 10.2 Å². The first kappa shape index (κ1) is 31.7. The van der Waals surface area contributed by atoms with Crippen LogP contribution in [0.1, 0.15) is 70.3 Å². The van der Waals surface area contributed by atoms with Crippen LogP contribution >= 0.6 is 7.60 Å². The zero-order valence-corrected chi connectivity index (χ0v) is 23.3. The summed E-state index contributed by atoms with van der Waals surface area (Å²) < 4.78 is 11.6. The number of unbranched alkanes of at least 4 members (excludes halogenated alkanes) is 7. The van der Waals surface area contributed by atoms with Gasteiger partial charge < -0.3 is 24.6 Å². The second kappa shape index (κ2) is 17.2. The van der Waals surface area contributed by atoms with Gasteiger partial charge in [-0.15, -0.1) is 0 Å². The average molecular weight is 546 g/mol. The van der Waals surface area contributed by atoms with Gasteiger partial charge in [0.1, 0.15) is 0 Å². The monoisotopic (exact) mass is 545 g/mol. The molecule has 0 radical (unpaired) electrons. The van der Waals surface area contributed by atoms with Crippen molar-refractivity contribution in [1.29, 1.82) is 0 Å². The molecule has 0 aromatic heterocycles. The van der Waals surface area contributed by atoms with Crippen LogP contribution in [0, 0.1) is 0 Å². The van der Waals surface area contributed by atoms with Crippen LogP contribution in [0.3, 0.4) is 0 Å². The van der Waals surface area contributed by atoms with Crippen LogP contribution in [0.5, 0.6) is 0 Å². The lowest BCUT2D eigenvalue weighted by molar-refractivity contribution is -0.305. The van der Waals surface area contributed by atoms with Crippen LogP contribution in [0.4, 0.5) is 0 Å². The topological polar surface area (TPSA) is 130 Å². The summed E-state index contributed by atoms with van der Waals surface area (Å²) in [6.45, 7) is 2.57. The predicted molar refractivity (Wildman–Crippen MR) is 148 cm³/mol. The second-order valence-electron chi connectivity index (χ2n) is 9.77. The van der Waals surface area contributed by atoms with Crippen molar-refractivity contribution in [3.05, 3.63) is 60.2 Å². The molecule has 0 aliphatic heterocycles. The lowest BCUT2D eigenvalue weighted by atomic mass is 10.00. The largest absolute Gasteiger partial charge is 0.550 e. The smallest absolute Gasteiger partial charge is 0.339 e. The number of carbonyl (C=O) groups is 2. The lowest BCUT2D eigenvalue weighted by Crippen LogP contribution is -2.49. The number of aliphatic carboxylic acids is 1. The van der Waals surface area contributed by atoms with Gasteiger partial charge in [0, 0.05) is 25.5 Å². The Balaban J connectivity index is 2.07. The van der Waals surface area contributed by atoms with E-state index in [2.05, 4.69) is 12.2 Å². The van der Waals surface area contributed by atoms with Gasteiger partial charge in [0.2, 0.25) is 5.91 Å². The number of carbonyl (C=O) groups excluding carboxylic acids is 2. The van der Waals surface area contributed by atoms with Gasteiger partial charge in [-0.1, -0.05) is 106 Å². The fraction of sp³-hybridized carbons (Fsp3) is 0.517. The summed E-state index contributed by atoms with van der Waals surface area (Å²) in [6.07, 6.45) is 8.01. The molecule has 0 saturated heterocycles. The average Bonchev–Trinajstić information content (AvgIpc) is 2.89. The predicted octanol–water partition coefficient (Wildman–Crippen LogP) is 4.10. The van der Waals surface area contributed by atoms with E-state index in [0.717, 1.165) is 42.4 Å². The molecule has 1 amide bonds. The molecule has 210 valence electrons. The highest BCUT2D eigenvalue weighted by Gasteiger charge is 2.27. The van der Waals surface area contributed by atoms with Crippen molar-refractivity contribution < 1.29 is 29.0 Å². The van der Waals surface area contributed by atoms with E-state index in [1.54, 1.807) is 0 Å². The summed E-state index contributed by atoms with van der Waals surface area (Å²) in [5.74, 6) is -1.61. The zero-order chi connectivity index (χ0) is 27.8. The quantitative estimate of drug-likeness (QED) is 0.179. The summed E-state index contributed by atoms with van der Waals surface area (Å²) in [4.78, 5) is 44.9. The molecule has 2 aromatic carbocycles. The summed E-state index contributed by atoms with van der Waals surface area (Å²) in [6, 6.07) is 16.6. The fourth-order valence-corrected chi connectivity index (χ4v) is 4.85. The van der Waals surface area contributed by atoms with Crippen LogP contribution in [0.25, 0.3) is 11.1 Å². The molecule has 2 aromatic rings. The van der Waals surface area contributed by atoms with Crippen molar-refractivity contribution in [2.24, 2.45) is 0 Å². The number of rotatable bonds is 19. The zero-order valence-electron chi connectivity index (χ0n) is 22.4. The number of nitrogens with one attached hydrogen (secondary N) is 1. The van der Waals surface area contributed by atoms with Gasteiger partial charge in [-0.3, -0.25) is 14.7 Å². The Morgan fingerprint density at radius 2 is 1.45 bits per heavy atom. The maximum atomic E-state index is 13.5. The number of benzene rings is 2. The van der Waals surface area contributed by atoms with Crippen molar-refractivity contribution >= 4 is 19.5 Å². The Kier molecular flexibility index (Phi) is 14.3. The Bertz CT molecular complexity index is 1010. The Morgan fingerprint density at radius 1 is 0.868 bits per heavy atom. The van der Waals surface area contributed by atoms with Crippen LogP contribution in [0.2, 0.25) is 0 Å². The highest BCUT2D eigenvalue weighted by atomic mass is 31.2. The highest BCUT2D eigenvalue weighted by Crippen LogP contribution is 2.32. The first-order chi connectivity index (χ1) is 18.2. The molecule has 0 aliphatic carbocycles. The van der Waals surface area contributed by atoms with Gasteiger partial charge in [-0.05, 0) is 29.5 Å². The lowest BCUT2D eigenvalue weighted by Gasteiger charge is -2.28. The van der Waals surface area contributed by atoms with Gasteiger partial charge in [-0.25, -0.2) is 0 Å². The third-order valence-electron chi connectivity index (χ3n) is 6.52. The van der Waals surface area contributed by atoms with Crippen molar-refractivity contribution in [2.45, 2.75) is 77.2 Å². The van der Waals surface area contributed by atoms with E-state index in [1.807, 2.05) is 54.6 Å². The molecule has 0 bridgehead atoms. The Labute approximate surface area is 226 Å². The van der Waals surface area contributed by atoms with E-state index >= 15 is 0 Å². The first-order valence-electron chi connectivity index (χ1n) is 13.6. The second-order valence-corrected chi connectivity index (χ2v) is 11.4.